The number of hydrogen-bond donors (Lipinski definition) is 2. The predicted molar refractivity (Wildman–Crippen MR) is 42.0 cm³/mol. The molecular weight excluding hydrogens is 158 g/mol. The molecule has 0 bridgehead atoms. The molecule has 0 aliphatic carbocycles. The van der Waals surface area contributed by atoms with E-state index in [-0.39, 0.29) is 5.84 Å². The van der Waals surface area contributed by atoms with E-state index in [4.69, 9.17) is 5.41 Å². The minimum Gasteiger partial charge on any atom is -0.285 e. The molecule has 0 atom stereocenters. The van der Waals surface area contributed by atoms with Gasteiger partial charge in [-0.25, -0.2) is 5.06 Å². The minimum atomic E-state index is -1.04. The molecular formula is C7H14N3O2. The van der Waals surface area contributed by atoms with E-state index in [1.54, 1.807) is 27.7 Å². The van der Waals surface area contributed by atoms with Gasteiger partial charge < -0.3 is 0 Å². The van der Waals surface area contributed by atoms with Crippen molar-refractivity contribution in [1.29, 1.82) is 5.41 Å². The topological polar surface area (TPSA) is 70.5 Å². The van der Waals surface area contributed by atoms with Crippen LogP contribution in [-0.4, -0.2) is 32.4 Å². The lowest BCUT2D eigenvalue weighted by Crippen LogP contribution is -2.48. The van der Waals surface area contributed by atoms with Crippen molar-refractivity contribution < 1.29 is 10.4 Å². The zero-order chi connectivity index (χ0) is 9.73. The van der Waals surface area contributed by atoms with Crippen molar-refractivity contribution in [1.82, 2.24) is 10.1 Å². The summed E-state index contributed by atoms with van der Waals surface area (Å²) in [6.45, 7) is 6.37. The van der Waals surface area contributed by atoms with E-state index in [9.17, 15) is 10.4 Å². The van der Waals surface area contributed by atoms with Crippen LogP contribution in [0.15, 0.2) is 0 Å². The lowest BCUT2D eigenvalue weighted by Gasteiger charge is -2.30. The molecule has 1 rings (SSSR count). The van der Waals surface area contributed by atoms with Crippen molar-refractivity contribution in [2.45, 2.75) is 38.9 Å². The van der Waals surface area contributed by atoms with Gasteiger partial charge in [0.15, 0.2) is 0 Å². The van der Waals surface area contributed by atoms with Crippen LogP contribution in [0.4, 0.5) is 0 Å². The molecule has 1 fully saturated rings. The van der Waals surface area contributed by atoms with Gasteiger partial charge in [-0.05, 0) is 27.7 Å². The molecule has 0 aromatic rings. The van der Waals surface area contributed by atoms with E-state index < -0.39 is 11.2 Å². The number of nitrogens with zero attached hydrogens (tertiary/aromatic N) is 2. The molecule has 5 nitrogen and oxygen atoms in total. The Kier molecular flexibility index (Phi) is 1.72. The predicted octanol–water partition coefficient (Wildman–Crippen LogP) is 0.831. The molecule has 0 aromatic carbocycles. The Morgan fingerprint density at radius 2 is 1.75 bits per heavy atom. The van der Waals surface area contributed by atoms with E-state index in [1.807, 2.05) is 0 Å². The Bertz CT molecular complexity index is 225. The zero-order valence-corrected chi connectivity index (χ0v) is 7.75. The molecule has 12 heavy (non-hydrogen) atoms. The van der Waals surface area contributed by atoms with Crippen molar-refractivity contribution in [3.63, 3.8) is 0 Å². The number of amidine groups is 1. The first-order valence-electron chi connectivity index (χ1n) is 3.78. The average molecular weight is 172 g/mol. The highest BCUT2D eigenvalue weighted by Crippen LogP contribution is 2.35. The summed E-state index contributed by atoms with van der Waals surface area (Å²) in [7, 11) is 0. The fraction of sp³-hybridized carbons (Fsp3) is 0.857. The highest BCUT2D eigenvalue weighted by atomic mass is 16.6. The quantitative estimate of drug-likeness (QED) is 0.568. The summed E-state index contributed by atoms with van der Waals surface area (Å²) in [5, 5.41) is 29.9. The van der Waals surface area contributed by atoms with Crippen LogP contribution in [0.1, 0.15) is 27.7 Å². The van der Waals surface area contributed by atoms with Gasteiger partial charge in [-0.15, -0.1) is 10.3 Å². The summed E-state index contributed by atoms with van der Waals surface area (Å²) in [6, 6.07) is 0. The van der Waals surface area contributed by atoms with Crippen LogP contribution in [-0.2, 0) is 5.21 Å². The van der Waals surface area contributed by atoms with Gasteiger partial charge in [0, 0.05) is 0 Å². The van der Waals surface area contributed by atoms with Crippen LogP contribution >= 0.6 is 0 Å². The summed E-state index contributed by atoms with van der Waals surface area (Å²) in [5.41, 5.74) is -1.99. The third kappa shape index (κ3) is 0.872. The summed E-state index contributed by atoms with van der Waals surface area (Å²) in [4.78, 5) is 0. The van der Waals surface area contributed by atoms with Crippen molar-refractivity contribution in [3.8, 4) is 0 Å². The van der Waals surface area contributed by atoms with Gasteiger partial charge in [0.25, 0.3) is 0 Å². The number of rotatable bonds is 0. The van der Waals surface area contributed by atoms with Crippen LogP contribution in [0.2, 0.25) is 0 Å². The van der Waals surface area contributed by atoms with Crippen LogP contribution in [0.25, 0.3) is 0 Å². The fourth-order valence-electron chi connectivity index (χ4n) is 1.40. The summed E-state index contributed by atoms with van der Waals surface area (Å²) in [6.07, 6.45) is 0. The largest absolute Gasteiger partial charge is 0.285 e. The third-order valence-electron chi connectivity index (χ3n) is 2.31. The average Bonchev–Trinajstić information content (AvgIpc) is 2.06. The molecule has 0 amide bonds. The van der Waals surface area contributed by atoms with E-state index >= 15 is 0 Å². The molecule has 0 aromatic heterocycles. The second-order valence-electron chi connectivity index (χ2n) is 4.01. The first kappa shape index (κ1) is 9.44. The van der Waals surface area contributed by atoms with Gasteiger partial charge in [-0.1, -0.05) is 0 Å². The molecule has 1 heterocycles. The number of nitrogens with one attached hydrogen (secondary N) is 1. The monoisotopic (exact) mass is 172 g/mol. The number of hydrogen-bond acceptors (Lipinski definition) is 3. The Hall–Kier alpha value is -0.650. The molecule has 0 spiro atoms. The van der Waals surface area contributed by atoms with Gasteiger partial charge in [-0.3, -0.25) is 10.6 Å². The molecule has 1 aliphatic rings. The Morgan fingerprint density at radius 3 is 1.83 bits per heavy atom. The molecule has 0 unspecified atom stereocenters. The maximum absolute atomic E-state index is 11.5. The smallest absolute Gasteiger partial charge is 0.145 e. The van der Waals surface area contributed by atoms with E-state index in [2.05, 4.69) is 0 Å². The highest BCUT2D eigenvalue weighted by Gasteiger charge is 2.55. The van der Waals surface area contributed by atoms with Crippen molar-refractivity contribution in [2.24, 2.45) is 0 Å². The van der Waals surface area contributed by atoms with E-state index in [0.717, 1.165) is 5.06 Å². The molecule has 1 radical (unpaired) electrons. The third-order valence-corrected chi connectivity index (χ3v) is 2.31. The second-order valence-corrected chi connectivity index (χ2v) is 4.01. The second kappa shape index (κ2) is 2.18. The van der Waals surface area contributed by atoms with E-state index in [0.29, 0.717) is 5.06 Å². The van der Waals surface area contributed by atoms with Crippen molar-refractivity contribution in [2.75, 3.05) is 0 Å². The van der Waals surface area contributed by atoms with Crippen LogP contribution in [0.5, 0.6) is 0 Å². The lowest BCUT2D eigenvalue weighted by molar-refractivity contribution is -0.290. The highest BCUT2D eigenvalue weighted by molar-refractivity contribution is 5.89. The van der Waals surface area contributed by atoms with Crippen molar-refractivity contribution >= 4 is 5.84 Å². The molecule has 2 N–H and O–H groups in total. The zero-order valence-electron chi connectivity index (χ0n) is 7.75. The maximum Gasteiger partial charge on any atom is 0.145 e. The maximum atomic E-state index is 11.5. The molecule has 5 heteroatoms. The minimum absolute atomic E-state index is 0.0671. The van der Waals surface area contributed by atoms with Gasteiger partial charge in [-0.2, -0.15) is 0 Å². The first-order valence-corrected chi connectivity index (χ1v) is 3.78. The Morgan fingerprint density at radius 1 is 1.33 bits per heavy atom. The summed E-state index contributed by atoms with van der Waals surface area (Å²) < 4.78 is 0. The van der Waals surface area contributed by atoms with Gasteiger partial charge in [0.1, 0.15) is 17.0 Å². The molecule has 69 valence electrons. The lowest BCUT2D eigenvalue weighted by atomic mass is 10.1. The van der Waals surface area contributed by atoms with E-state index in [1.165, 1.54) is 0 Å². The Labute approximate surface area is 71.6 Å². The van der Waals surface area contributed by atoms with Gasteiger partial charge >= 0.3 is 0 Å². The summed E-state index contributed by atoms with van der Waals surface area (Å²) in [5.74, 6) is -0.0671. The molecule has 1 aliphatic heterocycles. The van der Waals surface area contributed by atoms with Gasteiger partial charge in [0.2, 0.25) is 0 Å². The number of hydroxylamine groups is 4. The standard InChI is InChI=1S/C7H14N3O2/c1-6(2)5(8)9(11)7(3,4)10(6)12/h8,11H,1-4H3. The Balaban J connectivity index is 3.12. The van der Waals surface area contributed by atoms with Crippen molar-refractivity contribution in [3.05, 3.63) is 0 Å². The van der Waals surface area contributed by atoms with Crippen LogP contribution in [0, 0.1) is 5.41 Å². The normalized spacial score (nSPS) is 28.2. The van der Waals surface area contributed by atoms with Gasteiger partial charge in [0.05, 0.1) is 0 Å². The van der Waals surface area contributed by atoms with Crippen LogP contribution in [0.3, 0.4) is 0 Å². The first-order chi connectivity index (χ1) is 5.22. The summed E-state index contributed by atoms with van der Waals surface area (Å²) >= 11 is 0. The molecule has 1 saturated heterocycles. The fourth-order valence-corrected chi connectivity index (χ4v) is 1.40. The van der Waals surface area contributed by atoms with Crippen LogP contribution < -0.4 is 0 Å². The molecule has 0 saturated carbocycles. The SMILES string of the molecule is CC1(C)C(=N)N(O)C(C)(C)N1[O].